The van der Waals surface area contributed by atoms with Gasteiger partial charge in [0.25, 0.3) is 5.91 Å². The van der Waals surface area contributed by atoms with Crippen LogP contribution in [0.25, 0.3) is 10.4 Å². The summed E-state index contributed by atoms with van der Waals surface area (Å²) in [5.74, 6) is -0.0126. The predicted octanol–water partition coefficient (Wildman–Crippen LogP) is 3.47. The molecule has 88 valence electrons. The van der Waals surface area contributed by atoms with Gasteiger partial charge in [-0.15, -0.1) is 11.3 Å². The summed E-state index contributed by atoms with van der Waals surface area (Å²) in [5.41, 5.74) is 1.88. The highest BCUT2D eigenvalue weighted by Crippen LogP contribution is 2.27. The van der Waals surface area contributed by atoms with Crippen molar-refractivity contribution in [1.82, 2.24) is 5.32 Å². The lowest BCUT2D eigenvalue weighted by Gasteiger charge is -2.03. The molecule has 0 bridgehead atoms. The molecule has 2 rings (SSSR count). The molecule has 1 aromatic carbocycles. The highest BCUT2D eigenvalue weighted by Gasteiger charge is 2.05. The topological polar surface area (TPSA) is 29.1 Å². The van der Waals surface area contributed by atoms with Crippen molar-refractivity contribution in [1.29, 1.82) is 0 Å². The van der Waals surface area contributed by atoms with Crippen molar-refractivity contribution in [3.8, 4) is 10.4 Å². The van der Waals surface area contributed by atoms with Crippen molar-refractivity contribution in [2.24, 2.45) is 0 Å². The molecule has 0 atom stereocenters. The lowest BCUT2D eigenvalue weighted by atomic mass is 10.1. The van der Waals surface area contributed by atoms with Crippen molar-refractivity contribution >= 4 is 17.2 Å². The van der Waals surface area contributed by atoms with Gasteiger partial charge < -0.3 is 5.32 Å². The SMILES string of the molecule is CCNC(=O)c1ccc(-c2ccc(C)s2)cc1. The first-order valence-electron chi connectivity index (χ1n) is 5.66. The van der Waals surface area contributed by atoms with Crippen LogP contribution >= 0.6 is 11.3 Å². The van der Waals surface area contributed by atoms with Gasteiger partial charge in [-0.2, -0.15) is 0 Å². The molecule has 17 heavy (non-hydrogen) atoms. The predicted molar refractivity (Wildman–Crippen MR) is 72.5 cm³/mol. The monoisotopic (exact) mass is 245 g/mol. The van der Waals surface area contributed by atoms with E-state index in [1.807, 2.05) is 31.2 Å². The van der Waals surface area contributed by atoms with Gasteiger partial charge in [0.1, 0.15) is 0 Å². The van der Waals surface area contributed by atoms with Crippen LogP contribution in [0.3, 0.4) is 0 Å². The quantitative estimate of drug-likeness (QED) is 0.881. The number of nitrogens with one attached hydrogen (secondary N) is 1. The molecule has 1 amide bonds. The number of amides is 1. The second-order valence-electron chi connectivity index (χ2n) is 3.85. The molecule has 0 aliphatic carbocycles. The minimum Gasteiger partial charge on any atom is -0.352 e. The number of benzene rings is 1. The summed E-state index contributed by atoms with van der Waals surface area (Å²) in [5, 5.41) is 2.79. The Hall–Kier alpha value is -1.61. The molecule has 0 fully saturated rings. The van der Waals surface area contributed by atoms with Gasteiger partial charge in [-0.05, 0) is 43.7 Å². The van der Waals surface area contributed by atoms with Crippen molar-refractivity contribution in [2.45, 2.75) is 13.8 Å². The molecule has 2 aromatic rings. The van der Waals surface area contributed by atoms with Gasteiger partial charge in [0.15, 0.2) is 0 Å². The Labute approximate surface area is 105 Å². The van der Waals surface area contributed by atoms with Gasteiger partial charge >= 0.3 is 0 Å². The van der Waals surface area contributed by atoms with Crippen LogP contribution in [0.2, 0.25) is 0 Å². The Morgan fingerprint density at radius 2 is 1.88 bits per heavy atom. The lowest BCUT2D eigenvalue weighted by Crippen LogP contribution is -2.22. The van der Waals surface area contributed by atoms with Gasteiger partial charge in [-0.1, -0.05) is 12.1 Å². The molecule has 1 N–H and O–H groups in total. The molecule has 0 spiro atoms. The molecule has 3 heteroatoms. The van der Waals surface area contributed by atoms with E-state index in [9.17, 15) is 4.79 Å². The summed E-state index contributed by atoms with van der Waals surface area (Å²) in [7, 11) is 0. The molecule has 1 heterocycles. The molecule has 0 aliphatic rings. The summed E-state index contributed by atoms with van der Waals surface area (Å²) < 4.78 is 0. The smallest absolute Gasteiger partial charge is 0.251 e. The van der Waals surface area contributed by atoms with Gasteiger partial charge in [-0.25, -0.2) is 0 Å². The average molecular weight is 245 g/mol. The van der Waals surface area contributed by atoms with E-state index in [4.69, 9.17) is 0 Å². The average Bonchev–Trinajstić information content (AvgIpc) is 2.76. The minimum atomic E-state index is -0.0126. The van der Waals surface area contributed by atoms with Crippen LogP contribution < -0.4 is 5.32 Å². The molecule has 0 saturated carbocycles. The van der Waals surface area contributed by atoms with E-state index in [-0.39, 0.29) is 5.91 Å². The Morgan fingerprint density at radius 1 is 1.18 bits per heavy atom. The van der Waals surface area contributed by atoms with Crippen molar-refractivity contribution in [3.05, 3.63) is 46.8 Å². The van der Waals surface area contributed by atoms with Crippen LogP contribution in [0.1, 0.15) is 22.2 Å². The third kappa shape index (κ3) is 2.74. The van der Waals surface area contributed by atoms with Crippen LogP contribution in [-0.2, 0) is 0 Å². The highest BCUT2D eigenvalue weighted by molar-refractivity contribution is 7.15. The maximum Gasteiger partial charge on any atom is 0.251 e. The van der Waals surface area contributed by atoms with E-state index in [2.05, 4.69) is 24.4 Å². The number of hydrogen-bond donors (Lipinski definition) is 1. The summed E-state index contributed by atoms with van der Waals surface area (Å²) in [4.78, 5) is 14.1. The van der Waals surface area contributed by atoms with E-state index in [1.54, 1.807) is 11.3 Å². The summed E-state index contributed by atoms with van der Waals surface area (Å²) in [6.07, 6.45) is 0. The summed E-state index contributed by atoms with van der Waals surface area (Å²) in [6, 6.07) is 12.0. The second-order valence-corrected chi connectivity index (χ2v) is 5.14. The Kier molecular flexibility index (Phi) is 3.59. The molecular formula is C14H15NOS. The fourth-order valence-corrected chi connectivity index (χ4v) is 2.51. The largest absolute Gasteiger partial charge is 0.352 e. The van der Waals surface area contributed by atoms with Gasteiger partial charge in [0.2, 0.25) is 0 Å². The van der Waals surface area contributed by atoms with Gasteiger partial charge in [0, 0.05) is 21.9 Å². The zero-order valence-electron chi connectivity index (χ0n) is 9.99. The van der Waals surface area contributed by atoms with Crippen molar-refractivity contribution < 1.29 is 4.79 Å². The maximum atomic E-state index is 11.6. The summed E-state index contributed by atoms with van der Waals surface area (Å²) >= 11 is 1.76. The number of carbonyl (C=O) groups excluding carboxylic acids is 1. The number of rotatable bonds is 3. The first-order chi connectivity index (χ1) is 8.20. The Balaban J connectivity index is 2.21. The fourth-order valence-electron chi connectivity index (χ4n) is 1.64. The fraction of sp³-hybridized carbons (Fsp3) is 0.214. The molecule has 1 aromatic heterocycles. The van der Waals surface area contributed by atoms with E-state index in [1.165, 1.54) is 9.75 Å². The molecule has 2 nitrogen and oxygen atoms in total. The number of hydrogen-bond acceptors (Lipinski definition) is 2. The van der Waals surface area contributed by atoms with Crippen molar-refractivity contribution in [2.75, 3.05) is 6.54 Å². The maximum absolute atomic E-state index is 11.6. The van der Waals surface area contributed by atoms with E-state index < -0.39 is 0 Å². The minimum absolute atomic E-state index is 0.0126. The van der Waals surface area contributed by atoms with E-state index >= 15 is 0 Å². The molecule has 0 radical (unpaired) electrons. The number of aryl methyl sites for hydroxylation is 1. The third-order valence-electron chi connectivity index (χ3n) is 2.51. The number of thiophene rings is 1. The van der Waals surface area contributed by atoms with Gasteiger partial charge in [0.05, 0.1) is 0 Å². The van der Waals surface area contributed by atoms with Crippen LogP contribution in [-0.4, -0.2) is 12.5 Å². The lowest BCUT2D eigenvalue weighted by molar-refractivity contribution is 0.0956. The molecule has 0 saturated heterocycles. The van der Waals surface area contributed by atoms with E-state index in [0.717, 1.165) is 5.56 Å². The Bertz CT molecular complexity index is 513. The number of carbonyl (C=O) groups is 1. The first kappa shape index (κ1) is 11.9. The van der Waals surface area contributed by atoms with E-state index in [0.29, 0.717) is 12.1 Å². The molecule has 0 unspecified atom stereocenters. The standard InChI is InChI=1S/C14H15NOS/c1-3-15-14(16)12-7-5-11(6-8-12)13-9-4-10(2)17-13/h4-9H,3H2,1-2H3,(H,15,16). The first-order valence-corrected chi connectivity index (χ1v) is 6.47. The zero-order valence-corrected chi connectivity index (χ0v) is 10.8. The van der Waals surface area contributed by atoms with Crippen LogP contribution in [0.5, 0.6) is 0 Å². The molecule has 0 aliphatic heterocycles. The molecular weight excluding hydrogens is 230 g/mol. The Morgan fingerprint density at radius 3 is 2.41 bits per heavy atom. The third-order valence-corrected chi connectivity index (χ3v) is 3.56. The van der Waals surface area contributed by atoms with Crippen LogP contribution in [0, 0.1) is 6.92 Å². The second kappa shape index (κ2) is 5.15. The van der Waals surface area contributed by atoms with Crippen molar-refractivity contribution in [3.63, 3.8) is 0 Å². The van der Waals surface area contributed by atoms with Gasteiger partial charge in [-0.3, -0.25) is 4.79 Å². The normalized spacial score (nSPS) is 10.2. The summed E-state index contributed by atoms with van der Waals surface area (Å²) in [6.45, 7) is 4.67. The van der Waals surface area contributed by atoms with Crippen LogP contribution in [0.15, 0.2) is 36.4 Å². The highest BCUT2D eigenvalue weighted by atomic mass is 32.1. The van der Waals surface area contributed by atoms with Crippen LogP contribution in [0.4, 0.5) is 0 Å². The zero-order chi connectivity index (χ0) is 12.3.